The van der Waals surface area contributed by atoms with Gasteiger partial charge in [0.25, 0.3) is 17.7 Å². The van der Waals surface area contributed by atoms with E-state index in [9.17, 15) is 33.6 Å². The van der Waals surface area contributed by atoms with Crippen LogP contribution in [0.5, 0.6) is 0 Å². The molecule has 0 spiro atoms. The van der Waals surface area contributed by atoms with Crippen molar-refractivity contribution in [1.82, 2.24) is 25.8 Å². The van der Waals surface area contributed by atoms with E-state index < -0.39 is 70.4 Å². The van der Waals surface area contributed by atoms with Gasteiger partial charge in [-0.05, 0) is 55.6 Å². The fraction of sp³-hybridized carbons (Fsp3) is 0.629. The fourth-order valence-electron chi connectivity index (χ4n) is 7.50. The number of benzene rings is 1. The monoisotopic (exact) mass is 664 g/mol. The Morgan fingerprint density at radius 2 is 1.52 bits per heavy atom. The van der Waals surface area contributed by atoms with Crippen LogP contribution in [0.3, 0.4) is 0 Å². The highest BCUT2D eigenvalue weighted by Gasteiger charge is 2.46. The number of carbonyl (C=O) groups excluding carboxylic acids is 7. The Bertz CT molecular complexity index is 1440. The van der Waals surface area contributed by atoms with Crippen molar-refractivity contribution in [3.05, 3.63) is 35.4 Å². The molecule has 2 heterocycles. The summed E-state index contributed by atoms with van der Waals surface area (Å²) in [5.74, 6) is -3.50. The van der Waals surface area contributed by atoms with Gasteiger partial charge in [0.2, 0.25) is 17.6 Å². The number of hydrogen-bond acceptors (Lipinski definition) is 7. The first-order chi connectivity index (χ1) is 22.7. The molecule has 2 saturated carbocycles. The van der Waals surface area contributed by atoms with Crippen LogP contribution < -0.4 is 21.7 Å². The van der Waals surface area contributed by atoms with E-state index in [-0.39, 0.29) is 19.0 Å². The Morgan fingerprint density at radius 3 is 2.06 bits per heavy atom. The lowest BCUT2D eigenvalue weighted by Gasteiger charge is -2.41. The number of urea groups is 1. The molecule has 0 radical (unpaired) electrons. The molecule has 1 aromatic rings. The highest BCUT2D eigenvalue weighted by atomic mass is 16.2. The number of nitrogens with two attached hydrogens (primary N) is 1. The van der Waals surface area contributed by atoms with Gasteiger partial charge in [-0.1, -0.05) is 71.4 Å². The molecule has 1 saturated heterocycles. The quantitative estimate of drug-likeness (QED) is 0.206. The Morgan fingerprint density at radius 1 is 0.896 bits per heavy atom. The highest BCUT2D eigenvalue weighted by molar-refractivity contribution is 6.37. The summed E-state index contributed by atoms with van der Waals surface area (Å²) in [5, 5.41) is 8.64. The van der Waals surface area contributed by atoms with Gasteiger partial charge in [-0.3, -0.25) is 33.7 Å². The van der Waals surface area contributed by atoms with E-state index in [1.807, 2.05) is 20.8 Å². The zero-order valence-corrected chi connectivity index (χ0v) is 28.1. The average Bonchev–Trinajstić information content (AvgIpc) is 3.60. The number of primary amides is 1. The normalized spacial score (nSPS) is 21.9. The highest BCUT2D eigenvalue weighted by Crippen LogP contribution is 2.34. The maximum atomic E-state index is 14.1. The van der Waals surface area contributed by atoms with E-state index in [1.165, 1.54) is 9.80 Å². The van der Waals surface area contributed by atoms with E-state index in [0.29, 0.717) is 43.2 Å². The molecule has 1 aromatic carbocycles. The minimum atomic E-state index is -1.11. The molecule has 0 aromatic heterocycles. The van der Waals surface area contributed by atoms with Crippen molar-refractivity contribution in [2.45, 2.75) is 115 Å². The second-order valence-corrected chi connectivity index (χ2v) is 15.0. The van der Waals surface area contributed by atoms with Crippen LogP contribution in [0.2, 0.25) is 0 Å². The SMILES string of the molecule is CC(C)(C)[C@H](NC(=O)NC1(CN2C(=O)c3ccccc3C2=O)CCCCC1)C(=O)N1CCC[C@H]1C(=O)NC(CC1CCC1)C(=O)C(N)=O. The van der Waals surface area contributed by atoms with Crippen LogP contribution in [0.15, 0.2) is 24.3 Å². The Balaban J connectivity index is 1.28. The van der Waals surface area contributed by atoms with Crippen LogP contribution in [-0.2, 0) is 19.2 Å². The average molecular weight is 665 g/mol. The molecule has 260 valence electrons. The first-order valence-electron chi connectivity index (χ1n) is 17.2. The third kappa shape index (κ3) is 7.39. The molecule has 48 heavy (non-hydrogen) atoms. The number of amides is 7. The number of ketones is 1. The van der Waals surface area contributed by atoms with E-state index >= 15 is 0 Å². The van der Waals surface area contributed by atoms with Gasteiger partial charge in [0.05, 0.1) is 29.3 Å². The van der Waals surface area contributed by atoms with Gasteiger partial charge in [-0.25, -0.2) is 4.79 Å². The maximum Gasteiger partial charge on any atom is 0.315 e. The summed E-state index contributed by atoms with van der Waals surface area (Å²) in [6, 6.07) is 3.12. The number of fused-ring (bicyclic) bond motifs is 1. The molecular weight excluding hydrogens is 616 g/mol. The molecule has 5 rings (SSSR count). The second kappa shape index (κ2) is 14.1. The van der Waals surface area contributed by atoms with Crippen molar-refractivity contribution >= 4 is 41.4 Å². The molecular formula is C35H48N6O7. The summed E-state index contributed by atoms with van der Waals surface area (Å²) in [6.45, 7) is 5.75. The summed E-state index contributed by atoms with van der Waals surface area (Å²) >= 11 is 0. The smallest absolute Gasteiger partial charge is 0.315 e. The van der Waals surface area contributed by atoms with Gasteiger partial charge < -0.3 is 26.6 Å². The van der Waals surface area contributed by atoms with Crippen LogP contribution >= 0.6 is 0 Å². The van der Waals surface area contributed by atoms with Gasteiger partial charge in [-0.15, -0.1) is 0 Å². The van der Waals surface area contributed by atoms with Crippen LogP contribution in [0.4, 0.5) is 4.79 Å². The first-order valence-corrected chi connectivity index (χ1v) is 17.2. The molecule has 5 N–H and O–H groups in total. The summed E-state index contributed by atoms with van der Waals surface area (Å²) in [7, 11) is 0. The summed E-state index contributed by atoms with van der Waals surface area (Å²) in [6.07, 6.45) is 7.76. The van der Waals surface area contributed by atoms with Crippen LogP contribution in [-0.4, -0.2) is 87.9 Å². The second-order valence-electron chi connectivity index (χ2n) is 15.0. The Kier molecular flexibility index (Phi) is 10.3. The van der Waals surface area contributed by atoms with Gasteiger partial charge in [-0.2, -0.15) is 0 Å². The van der Waals surface area contributed by atoms with Crippen molar-refractivity contribution in [1.29, 1.82) is 0 Å². The first kappa shape index (κ1) is 35.0. The zero-order chi connectivity index (χ0) is 34.8. The molecule has 13 nitrogen and oxygen atoms in total. The minimum Gasteiger partial charge on any atom is -0.363 e. The molecule has 0 bridgehead atoms. The molecule has 2 aliphatic carbocycles. The van der Waals surface area contributed by atoms with Crippen LogP contribution in [0.1, 0.15) is 112 Å². The van der Waals surface area contributed by atoms with Crippen molar-refractivity contribution < 1.29 is 33.6 Å². The van der Waals surface area contributed by atoms with Crippen molar-refractivity contribution in [3.63, 3.8) is 0 Å². The molecule has 7 amide bonds. The standard InChI is InChI=1S/C35H48N6O7/c1-34(2,3)27(32(47)40-18-10-15-25(40)29(44)37-24(26(42)28(36)43)19-21-11-9-12-21)38-33(48)39-35(16-7-4-8-17-35)20-41-30(45)22-13-5-6-14-23(22)31(41)46/h5-6,13-14,21,24-25,27H,4,7-12,15-20H2,1-3H3,(H2,36,43)(H,37,44)(H2,38,39,48)/t24?,25-,27+/m0/s1. The molecule has 3 fully saturated rings. The van der Waals surface area contributed by atoms with E-state index in [2.05, 4.69) is 16.0 Å². The summed E-state index contributed by atoms with van der Waals surface area (Å²) in [4.78, 5) is 94.7. The van der Waals surface area contributed by atoms with E-state index in [0.717, 1.165) is 38.5 Å². The largest absolute Gasteiger partial charge is 0.363 e. The predicted molar refractivity (Wildman–Crippen MR) is 175 cm³/mol. The number of nitrogens with one attached hydrogen (secondary N) is 3. The number of Topliss-reactive ketones (excluding diaryl/α,β-unsaturated/α-hetero) is 1. The van der Waals surface area contributed by atoms with Gasteiger partial charge in [0, 0.05) is 6.54 Å². The van der Waals surface area contributed by atoms with E-state index in [4.69, 9.17) is 5.73 Å². The summed E-state index contributed by atoms with van der Waals surface area (Å²) < 4.78 is 0. The lowest BCUT2D eigenvalue weighted by molar-refractivity contribution is -0.143. The lowest BCUT2D eigenvalue weighted by atomic mass is 9.80. The third-order valence-electron chi connectivity index (χ3n) is 10.4. The molecule has 13 heteroatoms. The molecule has 2 aliphatic heterocycles. The van der Waals surface area contributed by atoms with Crippen molar-refractivity contribution in [3.8, 4) is 0 Å². The predicted octanol–water partition coefficient (Wildman–Crippen LogP) is 2.42. The van der Waals surface area contributed by atoms with Gasteiger partial charge in [0.1, 0.15) is 12.1 Å². The number of rotatable bonds is 11. The minimum absolute atomic E-state index is 0.0152. The number of hydrogen-bond donors (Lipinski definition) is 4. The molecule has 1 unspecified atom stereocenters. The molecule has 4 aliphatic rings. The van der Waals surface area contributed by atoms with E-state index in [1.54, 1.807) is 24.3 Å². The zero-order valence-electron chi connectivity index (χ0n) is 28.1. The number of imide groups is 1. The van der Waals surface area contributed by atoms with Crippen molar-refractivity contribution in [2.24, 2.45) is 17.1 Å². The van der Waals surface area contributed by atoms with Crippen LogP contribution in [0.25, 0.3) is 0 Å². The van der Waals surface area contributed by atoms with Gasteiger partial charge >= 0.3 is 6.03 Å². The summed E-state index contributed by atoms with van der Waals surface area (Å²) in [5.41, 5.74) is 4.33. The van der Waals surface area contributed by atoms with Gasteiger partial charge in [0.15, 0.2) is 0 Å². The maximum absolute atomic E-state index is 14.1. The Labute approximate surface area is 281 Å². The Hall–Kier alpha value is -4.29. The third-order valence-corrected chi connectivity index (χ3v) is 10.4. The number of carbonyl (C=O) groups is 7. The molecule has 3 atom stereocenters. The van der Waals surface area contributed by atoms with Crippen LogP contribution in [0, 0.1) is 11.3 Å². The van der Waals surface area contributed by atoms with Crippen molar-refractivity contribution in [2.75, 3.05) is 13.1 Å². The fourth-order valence-corrected chi connectivity index (χ4v) is 7.50. The number of nitrogens with zero attached hydrogens (tertiary/aromatic N) is 2. The number of likely N-dealkylation sites (tertiary alicyclic amines) is 1. The lowest BCUT2D eigenvalue weighted by Crippen LogP contribution is -2.64. The topological polar surface area (TPSA) is 188 Å².